The summed E-state index contributed by atoms with van der Waals surface area (Å²) in [5.74, 6) is -0.200. The Morgan fingerprint density at radius 1 is 1.19 bits per heavy atom. The van der Waals surface area contributed by atoms with E-state index >= 15 is 0 Å². The summed E-state index contributed by atoms with van der Waals surface area (Å²) in [5.41, 5.74) is -0.966. The van der Waals surface area contributed by atoms with Crippen molar-refractivity contribution in [3.8, 4) is 11.5 Å². The molecule has 26 heavy (non-hydrogen) atoms. The summed E-state index contributed by atoms with van der Waals surface area (Å²) >= 11 is 5.78. The first-order valence-corrected chi connectivity index (χ1v) is 9.23. The van der Waals surface area contributed by atoms with Crippen LogP contribution in [-0.4, -0.2) is 38.7 Å². The molecule has 12 heteroatoms. The average molecular weight is 406 g/mol. The third-order valence-corrected chi connectivity index (χ3v) is 5.60. The van der Waals surface area contributed by atoms with Crippen LogP contribution in [0.1, 0.15) is 12.5 Å². The molecule has 0 amide bonds. The average Bonchev–Trinajstić information content (AvgIpc) is 2.90. The number of alkyl halides is 3. The number of hydrogen-bond acceptors (Lipinski definition) is 6. The third kappa shape index (κ3) is 3.12. The first kappa shape index (κ1) is 18.5. The number of nitrogens with zero attached hydrogens (tertiary/aromatic N) is 5. The van der Waals surface area contributed by atoms with E-state index in [0.29, 0.717) is 6.20 Å². The highest BCUT2D eigenvalue weighted by atomic mass is 35.5. The van der Waals surface area contributed by atoms with Crippen molar-refractivity contribution in [2.45, 2.75) is 18.0 Å². The van der Waals surface area contributed by atoms with E-state index < -0.39 is 21.6 Å². The smallest absolute Gasteiger partial charge is 0.310 e. The Hall–Kier alpha value is -2.27. The third-order valence-electron chi connectivity index (χ3n) is 3.69. The topological polar surface area (TPSA) is 90.6 Å². The first-order valence-electron chi connectivity index (χ1n) is 7.20. The molecule has 0 bridgehead atoms. The Morgan fingerprint density at radius 3 is 2.50 bits per heavy atom. The highest BCUT2D eigenvalue weighted by molar-refractivity contribution is 7.91. The largest absolute Gasteiger partial charge is 0.417 e. The van der Waals surface area contributed by atoms with Gasteiger partial charge >= 0.3 is 6.18 Å². The van der Waals surface area contributed by atoms with Crippen LogP contribution in [0.25, 0.3) is 22.7 Å². The molecule has 0 fully saturated rings. The lowest BCUT2D eigenvalue weighted by Crippen LogP contribution is -2.09. The Balaban J connectivity index is 2.30. The van der Waals surface area contributed by atoms with Gasteiger partial charge in [0, 0.05) is 13.2 Å². The van der Waals surface area contributed by atoms with Gasteiger partial charge in [0.1, 0.15) is 16.1 Å². The summed E-state index contributed by atoms with van der Waals surface area (Å²) in [6.45, 7) is 1.44. The summed E-state index contributed by atoms with van der Waals surface area (Å²) < 4.78 is 64.6. The number of aryl methyl sites for hydroxylation is 1. The molecule has 0 saturated heterocycles. The van der Waals surface area contributed by atoms with Crippen LogP contribution in [-0.2, 0) is 23.1 Å². The molecule has 0 aromatic carbocycles. The van der Waals surface area contributed by atoms with Gasteiger partial charge in [-0.25, -0.2) is 28.4 Å². The fourth-order valence-corrected chi connectivity index (χ4v) is 3.42. The summed E-state index contributed by atoms with van der Waals surface area (Å²) in [4.78, 5) is 15.3. The van der Waals surface area contributed by atoms with Crippen molar-refractivity contribution >= 4 is 32.6 Å². The molecule has 0 radical (unpaired) electrons. The lowest BCUT2D eigenvalue weighted by Gasteiger charge is -2.08. The van der Waals surface area contributed by atoms with Crippen molar-refractivity contribution < 1.29 is 21.6 Å². The van der Waals surface area contributed by atoms with Crippen LogP contribution >= 0.6 is 11.6 Å². The summed E-state index contributed by atoms with van der Waals surface area (Å²) in [5, 5.41) is -0.217. The number of sulfone groups is 1. The fourth-order valence-electron chi connectivity index (χ4n) is 2.34. The van der Waals surface area contributed by atoms with Crippen molar-refractivity contribution in [1.29, 1.82) is 0 Å². The zero-order valence-electron chi connectivity index (χ0n) is 13.4. The number of aromatic nitrogens is 5. The lowest BCUT2D eigenvalue weighted by molar-refractivity contribution is -0.137. The summed E-state index contributed by atoms with van der Waals surface area (Å²) in [7, 11) is -2.23. The second-order valence-electron chi connectivity index (χ2n) is 5.31. The molecular weight excluding hydrogens is 395 g/mol. The maximum atomic E-state index is 12.9. The quantitative estimate of drug-likeness (QED) is 0.622. The number of imidazole rings is 1. The molecule has 0 aliphatic heterocycles. The minimum Gasteiger partial charge on any atom is -0.310 e. The van der Waals surface area contributed by atoms with Gasteiger partial charge in [-0.15, -0.1) is 0 Å². The number of fused-ring (bicyclic) bond motifs is 1. The molecule has 0 saturated carbocycles. The molecule has 3 aromatic rings. The molecular formula is C14H11ClF3N5O2S. The second kappa shape index (κ2) is 6.16. The second-order valence-corrected chi connectivity index (χ2v) is 7.90. The molecule has 0 aliphatic rings. The SMILES string of the molecule is CCS(=O)(=O)c1cnc(Cl)nc1-c1nc2cc(C(F)(F)F)cnc2n1C. The van der Waals surface area contributed by atoms with E-state index in [0.717, 1.165) is 12.3 Å². The van der Waals surface area contributed by atoms with Crippen LogP contribution < -0.4 is 0 Å². The van der Waals surface area contributed by atoms with E-state index in [1.54, 1.807) is 0 Å². The van der Waals surface area contributed by atoms with Gasteiger partial charge in [0.05, 0.1) is 17.5 Å². The Morgan fingerprint density at radius 2 is 1.88 bits per heavy atom. The number of halogens is 4. The Bertz CT molecular complexity index is 1110. The van der Waals surface area contributed by atoms with Crippen molar-refractivity contribution in [2.24, 2.45) is 7.05 Å². The highest BCUT2D eigenvalue weighted by Crippen LogP contribution is 2.32. The van der Waals surface area contributed by atoms with E-state index in [2.05, 4.69) is 19.9 Å². The molecule has 0 unspecified atom stereocenters. The van der Waals surface area contributed by atoms with Crippen LogP contribution in [0.4, 0.5) is 13.2 Å². The zero-order valence-corrected chi connectivity index (χ0v) is 15.0. The van der Waals surface area contributed by atoms with Crippen LogP contribution in [0.15, 0.2) is 23.4 Å². The molecule has 0 aliphatic carbocycles. The van der Waals surface area contributed by atoms with Crippen LogP contribution in [0, 0.1) is 0 Å². The van der Waals surface area contributed by atoms with Gasteiger partial charge in [-0.3, -0.25) is 0 Å². The molecule has 3 aromatic heterocycles. The van der Waals surface area contributed by atoms with Gasteiger partial charge in [-0.1, -0.05) is 6.92 Å². The molecule has 0 atom stereocenters. The van der Waals surface area contributed by atoms with E-state index in [9.17, 15) is 21.6 Å². The Kier molecular flexibility index (Phi) is 4.39. The van der Waals surface area contributed by atoms with Crippen molar-refractivity contribution in [2.75, 3.05) is 5.75 Å². The van der Waals surface area contributed by atoms with Gasteiger partial charge in [-0.05, 0) is 17.7 Å². The molecule has 3 heterocycles. The van der Waals surface area contributed by atoms with Crippen molar-refractivity contribution in [1.82, 2.24) is 24.5 Å². The maximum absolute atomic E-state index is 12.9. The van der Waals surface area contributed by atoms with Crippen LogP contribution in [0.2, 0.25) is 5.28 Å². The summed E-state index contributed by atoms with van der Waals surface area (Å²) in [6, 6.07) is 0.836. The minimum absolute atomic E-state index is 0.0168. The molecule has 0 N–H and O–H groups in total. The van der Waals surface area contributed by atoms with Gasteiger partial charge in [0.25, 0.3) is 0 Å². The summed E-state index contributed by atoms with van der Waals surface area (Å²) in [6.07, 6.45) is -2.84. The number of rotatable bonds is 3. The molecule has 7 nitrogen and oxygen atoms in total. The van der Waals surface area contributed by atoms with E-state index in [4.69, 9.17) is 11.6 Å². The van der Waals surface area contributed by atoms with Gasteiger partial charge in [-0.2, -0.15) is 13.2 Å². The van der Waals surface area contributed by atoms with Gasteiger partial charge < -0.3 is 4.57 Å². The normalized spacial score (nSPS) is 12.7. The Labute approximate surface area is 150 Å². The monoisotopic (exact) mass is 405 g/mol. The number of hydrogen-bond donors (Lipinski definition) is 0. The number of pyridine rings is 1. The van der Waals surface area contributed by atoms with Gasteiger partial charge in [0.15, 0.2) is 21.3 Å². The fraction of sp³-hybridized carbons (Fsp3) is 0.286. The van der Waals surface area contributed by atoms with E-state index in [-0.39, 0.29) is 38.6 Å². The molecule has 3 rings (SSSR count). The van der Waals surface area contributed by atoms with Crippen molar-refractivity contribution in [3.63, 3.8) is 0 Å². The first-order chi connectivity index (χ1) is 12.0. The zero-order chi connectivity index (χ0) is 19.3. The predicted molar refractivity (Wildman–Crippen MR) is 87.3 cm³/mol. The van der Waals surface area contributed by atoms with Crippen molar-refractivity contribution in [3.05, 3.63) is 29.3 Å². The van der Waals surface area contributed by atoms with Crippen LogP contribution in [0.5, 0.6) is 0 Å². The predicted octanol–water partition coefficient (Wildman–Crippen LogP) is 2.89. The van der Waals surface area contributed by atoms with E-state index in [1.807, 2.05) is 0 Å². The van der Waals surface area contributed by atoms with E-state index in [1.165, 1.54) is 18.5 Å². The molecule has 138 valence electrons. The van der Waals surface area contributed by atoms with Crippen LogP contribution in [0.3, 0.4) is 0 Å². The molecule has 0 spiro atoms. The lowest BCUT2D eigenvalue weighted by atomic mass is 10.2. The van der Waals surface area contributed by atoms with Gasteiger partial charge in [0.2, 0.25) is 5.28 Å². The maximum Gasteiger partial charge on any atom is 0.417 e. The standard InChI is InChI=1S/C14H11ClF3N5O2S/c1-3-26(24,25)9-6-20-13(15)22-10(9)12-21-8-4-7(14(16,17)18)5-19-11(8)23(12)2/h4-6H,3H2,1-2H3. The minimum atomic E-state index is -4.58. The highest BCUT2D eigenvalue weighted by Gasteiger charge is 2.32.